The van der Waals surface area contributed by atoms with Crippen LogP contribution in [0.4, 0.5) is 26.3 Å². The predicted molar refractivity (Wildman–Crippen MR) is 31.0 cm³/mol. The molecule has 0 aromatic carbocycles. The molecule has 1 aromatic heterocycles. The van der Waals surface area contributed by atoms with Gasteiger partial charge in [0.25, 0.3) is 0 Å². The third-order valence-electron chi connectivity index (χ3n) is 1.21. The van der Waals surface area contributed by atoms with E-state index < -0.39 is 24.6 Å². The van der Waals surface area contributed by atoms with E-state index in [1.54, 1.807) is 0 Å². The predicted octanol–water partition coefficient (Wildman–Crippen LogP) is 2.06. The molecule has 2 radical (unpaired) electrons. The Morgan fingerprint density at radius 2 is 1.71 bits per heavy atom. The first-order chi connectivity index (χ1) is 6.20. The van der Waals surface area contributed by atoms with E-state index in [4.69, 9.17) is 0 Å². The lowest BCUT2D eigenvalue weighted by Crippen LogP contribution is -2.22. The van der Waals surface area contributed by atoms with Crippen molar-refractivity contribution in [2.45, 2.75) is 18.9 Å². The molecule has 0 fully saturated rings. The Morgan fingerprint density at radius 3 is 2.14 bits per heavy atom. The van der Waals surface area contributed by atoms with Crippen molar-refractivity contribution in [3.8, 4) is 0 Å². The number of aromatic nitrogens is 2. The quantitative estimate of drug-likeness (QED) is 0.657. The first kappa shape index (κ1) is 10.9. The third-order valence-corrected chi connectivity index (χ3v) is 1.21. The average Bonchev–Trinajstić information content (AvgIpc) is 2.29. The molecule has 0 aliphatic carbocycles. The fraction of sp³-hybridized carbons (Fsp3) is 0.500. The lowest BCUT2D eigenvalue weighted by Gasteiger charge is -2.11. The molecule has 1 rings (SSSR count). The Kier molecular flexibility index (Phi) is 2.47. The van der Waals surface area contributed by atoms with Gasteiger partial charge in [0.2, 0.25) is 0 Å². The Balaban J connectivity index is 2.95. The highest BCUT2D eigenvalue weighted by Gasteiger charge is 2.38. The van der Waals surface area contributed by atoms with Crippen molar-refractivity contribution in [2.24, 2.45) is 0 Å². The lowest BCUT2D eigenvalue weighted by molar-refractivity contribution is -0.158. The minimum absolute atomic E-state index is 0.167. The van der Waals surface area contributed by atoms with E-state index >= 15 is 0 Å². The molecule has 2 nitrogen and oxygen atoms in total. The van der Waals surface area contributed by atoms with E-state index in [0.717, 1.165) is 0 Å². The van der Waals surface area contributed by atoms with Crippen LogP contribution in [0.2, 0.25) is 0 Å². The largest absolute Gasteiger partial charge is 0.433 e. The lowest BCUT2D eigenvalue weighted by atomic mass is 10.4. The van der Waals surface area contributed by atoms with Crippen molar-refractivity contribution in [1.29, 1.82) is 0 Å². The van der Waals surface area contributed by atoms with Crippen LogP contribution in [-0.4, -0.2) is 15.7 Å². The summed E-state index contributed by atoms with van der Waals surface area (Å²) in [5, 5.41) is 0. The van der Waals surface area contributed by atoms with E-state index in [2.05, 4.69) is 4.98 Å². The fourth-order valence-corrected chi connectivity index (χ4v) is 0.759. The molecule has 78 valence electrons. The maximum Gasteiger partial charge on any atom is 0.433 e. The van der Waals surface area contributed by atoms with Crippen LogP contribution in [0.15, 0.2) is 0 Å². The smallest absolute Gasteiger partial charge is 0.308 e. The second-order valence-corrected chi connectivity index (χ2v) is 2.37. The first-order valence-corrected chi connectivity index (χ1v) is 3.20. The van der Waals surface area contributed by atoms with E-state index in [1.165, 1.54) is 12.5 Å². The average molecular weight is 216 g/mol. The minimum Gasteiger partial charge on any atom is -0.308 e. The molecule has 0 atom stereocenters. The molecule has 14 heavy (non-hydrogen) atoms. The van der Waals surface area contributed by atoms with Crippen LogP contribution in [0.25, 0.3) is 0 Å². The van der Waals surface area contributed by atoms with Gasteiger partial charge < -0.3 is 4.57 Å². The van der Waals surface area contributed by atoms with Crippen LogP contribution in [-0.2, 0) is 12.7 Å². The number of rotatable bonds is 1. The molecule has 1 heterocycles. The van der Waals surface area contributed by atoms with E-state index in [1.807, 2.05) is 0 Å². The molecule has 0 bridgehead atoms. The van der Waals surface area contributed by atoms with Crippen molar-refractivity contribution in [3.05, 3.63) is 18.2 Å². The summed E-state index contributed by atoms with van der Waals surface area (Å²) in [5.41, 5.74) is -1.59. The third kappa shape index (κ3) is 2.64. The molecule has 0 N–H and O–H groups in total. The highest BCUT2D eigenvalue weighted by molar-refractivity contribution is 5.00. The molecule has 0 spiro atoms. The molecular weight excluding hydrogens is 214 g/mol. The van der Waals surface area contributed by atoms with Crippen molar-refractivity contribution < 1.29 is 26.3 Å². The Morgan fingerprint density at radius 1 is 1.14 bits per heavy atom. The van der Waals surface area contributed by atoms with Gasteiger partial charge in [-0.25, -0.2) is 4.98 Å². The van der Waals surface area contributed by atoms with E-state index in [9.17, 15) is 26.3 Å². The highest BCUT2D eigenvalue weighted by atomic mass is 19.4. The van der Waals surface area contributed by atoms with Crippen LogP contribution in [0, 0.1) is 12.5 Å². The molecular formula is C6H2F6N2. The van der Waals surface area contributed by atoms with E-state index in [0.29, 0.717) is 0 Å². The number of halogens is 6. The monoisotopic (exact) mass is 216 g/mol. The summed E-state index contributed by atoms with van der Waals surface area (Å²) in [4.78, 5) is 2.77. The Hall–Kier alpha value is -1.21. The molecule has 0 saturated heterocycles. The van der Waals surface area contributed by atoms with E-state index in [-0.39, 0.29) is 4.57 Å². The molecule has 0 unspecified atom stereocenters. The highest BCUT2D eigenvalue weighted by Crippen LogP contribution is 2.30. The maximum absolute atomic E-state index is 12.0. The molecule has 1 aromatic rings. The van der Waals surface area contributed by atoms with Crippen molar-refractivity contribution >= 4 is 0 Å². The van der Waals surface area contributed by atoms with Gasteiger partial charge in [-0.1, -0.05) is 0 Å². The van der Waals surface area contributed by atoms with Crippen molar-refractivity contribution in [3.63, 3.8) is 0 Å². The second kappa shape index (κ2) is 3.18. The second-order valence-electron chi connectivity index (χ2n) is 2.37. The van der Waals surface area contributed by atoms with Gasteiger partial charge in [-0.3, -0.25) is 0 Å². The number of hydrogen-bond donors (Lipinski definition) is 0. The van der Waals surface area contributed by atoms with Gasteiger partial charge in [0.15, 0.2) is 12.0 Å². The molecule has 0 saturated carbocycles. The molecule has 0 aliphatic heterocycles. The van der Waals surface area contributed by atoms with Gasteiger partial charge in [0, 0.05) is 0 Å². The van der Waals surface area contributed by atoms with Crippen LogP contribution in [0.3, 0.4) is 0 Å². The summed E-state index contributed by atoms with van der Waals surface area (Å²) in [6.07, 6.45) is -6.71. The summed E-state index contributed by atoms with van der Waals surface area (Å²) in [5.74, 6) is 0. The molecule has 0 amide bonds. The Bertz CT molecular complexity index is 309. The first-order valence-electron chi connectivity index (χ1n) is 3.20. The summed E-state index contributed by atoms with van der Waals surface area (Å²) >= 11 is 0. The van der Waals surface area contributed by atoms with Crippen LogP contribution in [0.5, 0.6) is 0 Å². The van der Waals surface area contributed by atoms with Gasteiger partial charge >= 0.3 is 12.4 Å². The summed E-state index contributed by atoms with van der Waals surface area (Å²) < 4.78 is 71.0. The van der Waals surface area contributed by atoms with Crippen LogP contribution < -0.4 is 0 Å². The normalized spacial score (nSPS) is 13.3. The molecule has 8 heteroatoms. The number of imidazole rings is 1. The summed E-state index contributed by atoms with van der Waals surface area (Å²) in [6, 6.07) is 0. The zero-order valence-corrected chi connectivity index (χ0v) is 6.37. The van der Waals surface area contributed by atoms with Gasteiger partial charge in [-0.05, 0) is 0 Å². The topological polar surface area (TPSA) is 17.8 Å². The summed E-state index contributed by atoms with van der Waals surface area (Å²) in [6.45, 7) is -1.78. The SMILES string of the molecule is FC(F)(F)Cn1[c]n[c]c1C(F)(F)F. The summed E-state index contributed by atoms with van der Waals surface area (Å²) in [7, 11) is 0. The standard InChI is InChI=1S/C6H2F6N2/c7-5(8,9)2-14-3-13-1-4(14)6(10,11)12/h2H2. The fourth-order valence-electron chi connectivity index (χ4n) is 0.759. The number of hydrogen-bond acceptors (Lipinski definition) is 1. The van der Waals surface area contributed by atoms with Crippen LogP contribution >= 0.6 is 0 Å². The zero-order valence-electron chi connectivity index (χ0n) is 6.37. The molecule has 0 aliphatic rings. The van der Waals surface area contributed by atoms with Crippen LogP contribution in [0.1, 0.15) is 5.69 Å². The number of alkyl halides is 6. The van der Waals surface area contributed by atoms with Crippen molar-refractivity contribution in [1.82, 2.24) is 9.55 Å². The zero-order chi connectivity index (χ0) is 11.0. The van der Waals surface area contributed by atoms with Gasteiger partial charge in [-0.2, -0.15) is 26.3 Å². The minimum atomic E-state index is -4.90. The Labute approximate surface area is 74.2 Å². The van der Waals surface area contributed by atoms with Crippen molar-refractivity contribution in [2.75, 3.05) is 0 Å². The van der Waals surface area contributed by atoms with Gasteiger partial charge in [-0.15, -0.1) is 0 Å². The maximum atomic E-state index is 12.0. The number of nitrogens with zero attached hydrogens (tertiary/aromatic N) is 2. The van der Waals surface area contributed by atoms with Gasteiger partial charge in [0.05, 0.1) is 0 Å². The van der Waals surface area contributed by atoms with Gasteiger partial charge in [0.1, 0.15) is 12.7 Å².